The number of pyridine rings is 1. The zero-order valence-electron chi connectivity index (χ0n) is 16.8. The van der Waals surface area contributed by atoms with Gasteiger partial charge in [0, 0.05) is 31.0 Å². The Hall–Kier alpha value is -3.73. The number of aryl methyl sites for hydroxylation is 1. The average molecular weight is 413 g/mol. The van der Waals surface area contributed by atoms with Gasteiger partial charge in [0.1, 0.15) is 12.1 Å². The molecule has 0 saturated heterocycles. The van der Waals surface area contributed by atoms with Crippen molar-refractivity contribution in [3.8, 4) is 11.5 Å². The number of nitrogens with one attached hydrogen (secondary N) is 2. The van der Waals surface area contributed by atoms with Crippen molar-refractivity contribution in [2.24, 2.45) is 12.8 Å². The first kappa shape index (κ1) is 21.0. The summed E-state index contributed by atoms with van der Waals surface area (Å²) in [5.74, 6) is -0.506. The molecule has 0 aliphatic rings. The van der Waals surface area contributed by atoms with Crippen LogP contribution >= 0.6 is 0 Å². The molecule has 3 heterocycles. The molecule has 3 aromatic heterocycles. The molecular weight excluding hydrogens is 390 g/mol. The fourth-order valence-corrected chi connectivity index (χ4v) is 2.92. The van der Waals surface area contributed by atoms with Gasteiger partial charge in [0.25, 0.3) is 11.8 Å². The molecule has 0 aromatic carbocycles. The summed E-state index contributed by atoms with van der Waals surface area (Å²) < 4.78 is 6.81. The Morgan fingerprint density at radius 2 is 2.13 bits per heavy atom. The van der Waals surface area contributed by atoms with Crippen molar-refractivity contribution in [1.29, 1.82) is 0 Å². The summed E-state index contributed by atoms with van der Waals surface area (Å²) in [7, 11) is 1.60. The van der Waals surface area contributed by atoms with E-state index >= 15 is 0 Å². The molecule has 0 spiro atoms. The lowest BCUT2D eigenvalue weighted by Gasteiger charge is -2.16. The van der Waals surface area contributed by atoms with Gasteiger partial charge >= 0.3 is 0 Å². The van der Waals surface area contributed by atoms with E-state index in [0.29, 0.717) is 17.8 Å². The largest absolute Gasteiger partial charge is 0.444 e. The van der Waals surface area contributed by atoms with Crippen LogP contribution < -0.4 is 16.4 Å². The lowest BCUT2D eigenvalue weighted by atomic mass is 10.1. The summed E-state index contributed by atoms with van der Waals surface area (Å²) in [4.78, 5) is 32.4. The van der Waals surface area contributed by atoms with Crippen molar-refractivity contribution < 1.29 is 19.1 Å². The van der Waals surface area contributed by atoms with Crippen LogP contribution in [0.15, 0.2) is 35.2 Å². The van der Waals surface area contributed by atoms with Gasteiger partial charge in [0.05, 0.1) is 11.8 Å². The molecule has 0 aliphatic carbocycles. The molecule has 5 N–H and O–H groups in total. The number of carbonyl (C=O) groups excluding carboxylic acids is 2. The van der Waals surface area contributed by atoms with Gasteiger partial charge in [0.15, 0.2) is 11.4 Å². The van der Waals surface area contributed by atoms with Crippen LogP contribution in [0.2, 0.25) is 0 Å². The van der Waals surface area contributed by atoms with E-state index in [1.807, 2.05) is 6.92 Å². The zero-order valence-corrected chi connectivity index (χ0v) is 16.8. The third-order valence-corrected chi connectivity index (χ3v) is 4.14. The molecule has 0 bridgehead atoms. The van der Waals surface area contributed by atoms with Crippen molar-refractivity contribution in [3.63, 3.8) is 0 Å². The second-order valence-corrected chi connectivity index (χ2v) is 6.98. The smallest absolute Gasteiger partial charge is 0.277 e. The second-order valence-electron chi connectivity index (χ2n) is 6.98. The van der Waals surface area contributed by atoms with Crippen LogP contribution in [0.4, 0.5) is 11.5 Å². The van der Waals surface area contributed by atoms with Gasteiger partial charge in [-0.05, 0) is 32.4 Å². The van der Waals surface area contributed by atoms with E-state index < -0.39 is 17.9 Å². The number of oxazole rings is 1. The highest BCUT2D eigenvalue weighted by molar-refractivity contribution is 6.07. The first-order valence-electron chi connectivity index (χ1n) is 9.24. The number of aliphatic hydroxyl groups is 1. The summed E-state index contributed by atoms with van der Waals surface area (Å²) in [6, 6.07) is 3.44. The van der Waals surface area contributed by atoms with Crippen LogP contribution in [0.25, 0.3) is 11.5 Å². The van der Waals surface area contributed by atoms with Crippen LogP contribution in [0.1, 0.15) is 41.2 Å². The monoisotopic (exact) mass is 413 g/mol. The van der Waals surface area contributed by atoms with Crippen molar-refractivity contribution >= 4 is 23.3 Å². The normalized spacial score (nSPS) is 12.9. The quantitative estimate of drug-likeness (QED) is 0.431. The Morgan fingerprint density at radius 1 is 1.37 bits per heavy atom. The third kappa shape index (κ3) is 5.00. The molecule has 0 aliphatic heterocycles. The molecule has 0 fully saturated rings. The Morgan fingerprint density at radius 3 is 2.83 bits per heavy atom. The minimum atomic E-state index is -0.756. The molecule has 11 nitrogen and oxygen atoms in total. The highest BCUT2D eigenvalue weighted by Gasteiger charge is 2.19. The number of nitrogens with zero attached hydrogens (tertiary/aromatic N) is 4. The highest BCUT2D eigenvalue weighted by Crippen LogP contribution is 2.22. The summed E-state index contributed by atoms with van der Waals surface area (Å²) in [6.07, 6.45) is 4.41. The van der Waals surface area contributed by atoms with Gasteiger partial charge in [-0.2, -0.15) is 5.10 Å². The fraction of sp³-hybridized carbons (Fsp3) is 0.316. The zero-order chi connectivity index (χ0) is 21.8. The molecule has 2 atom stereocenters. The minimum absolute atomic E-state index is 0.0117. The van der Waals surface area contributed by atoms with E-state index in [9.17, 15) is 14.7 Å². The second kappa shape index (κ2) is 8.74. The van der Waals surface area contributed by atoms with E-state index in [0.717, 1.165) is 0 Å². The number of aromatic nitrogens is 4. The molecule has 0 saturated carbocycles. The Labute approximate surface area is 172 Å². The van der Waals surface area contributed by atoms with Crippen LogP contribution in [-0.2, 0) is 7.05 Å². The van der Waals surface area contributed by atoms with Gasteiger partial charge in [-0.25, -0.2) is 9.97 Å². The lowest BCUT2D eigenvalue weighted by molar-refractivity contribution is 0.0995. The maximum atomic E-state index is 12.5. The van der Waals surface area contributed by atoms with Gasteiger partial charge in [-0.3, -0.25) is 14.3 Å². The van der Waals surface area contributed by atoms with Crippen molar-refractivity contribution in [2.45, 2.75) is 32.4 Å². The van der Waals surface area contributed by atoms with E-state index in [4.69, 9.17) is 10.2 Å². The van der Waals surface area contributed by atoms with Gasteiger partial charge < -0.3 is 25.9 Å². The molecule has 0 radical (unpaired) electrons. The number of primary amides is 1. The topological polar surface area (TPSA) is 161 Å². The van der Waals surface area contributed by atoms with E-state index in [-0.39, 0.29) is 29.0 Å². The first-order valence-corrected chi connectivity index (χ1v) is 9.24. The number of nitrogens with two attached hydrogens (primary N) is 1. The molecule has 2 unspecified atom stereocenters. The summed E-state index contributed by atoms with van der Waals surface area (Å²) in [5.41, 5.74) is 6.05. The molecule has 2 amide bonds. The van der Waals surface area contributed by atoms with Gasteiger partial charge in [-0.15, -0.1) is 0 Å². The number of hydrogen-bond donors (Lipinski definition) is 4. The molecule has 30 heavy (non-hydrogen) atoms. The SMILES string of the molecule is CC(O)CC(C)Nc1cc(-c2nc(C(=O)Nc3cn(C)nc3C(N)=O)co2)ccn1. The fourth-order valence-electron chi connectivity index (χ4n) is 2.92. The number of anilines is 2. The number of aliphatic hydroxyl groups excluding tert-OH is 1. The number of amides is 2. The third-order valence-electron chi connectivity index (χ3n) is 4.14. The van der Waals surface area contributed by atoms with Crippen molar-refractivity contribution in [1.82, 2.24) is 19.7 Å². The van der Waals surface area contributed by atoms with Crippen molar-refractivity contribution in [2.75, 3.05) is 10.6 Å². The molecule has 3 rings (SSSR count). The minimum Gasteiger partial charge on any atom is -0.444 e. The predicted molar refractivity (Wildman–Crippen MR) is 109 cm³/mol. The number of rotatable bonds is 8. The van der Waals surface area contributed by atoms with E-state index in [1.54, 1.807) is 32.3 Å². The van der Waals surface area contributed by atoms with Gasteiger partial charge in [-0.1, -0.05) is 0 Å². The van der Waals surface area contributed by atoms with Crippen LogP contribution in [0.5, 0.6) is 0 Å². The van der Waals surface area contributed by atoms with Crippen molar-refractivity contribution in [3.05, 3.63) is 42.2 Å². The molecule has 158 valence electrons. The van der Waals surface area contributed by atoms with Crippen LogP contribution in [-0.4, -0.2) is 48.8 Å². The van der Waals surface area contributed by atoms with Gasteiger partial charge in [0.2, 0.25) is 5.89 Å². The Bertz CT molecular complexity index is 1060. The highest BCUT2D eigenvalue weighted by atomic mass is 16.3. The number of hydrogen-bond acceptors (Lipinski definition) is 8. The standard InChI is InChI=1S/C19H23N7O4/c1-10(6-11(2)27)22-15-7-12(4-5-21-15)19-24-14(9-30-19)18(29)23-13-8-26(3)25-16(13)17(20)28/h4-5,7-11,27H,6H2,1-3H3,(H2,20,28)(H,21,22)(H,23,29). The van der Waals surface area contributed by atoms with Crippen LogP contribution in [0, 0.1) is 0 Å². The summed E-state index contributed by atoms with van der Waals surface area (Å²) in [5, 5.41) is 19.2. The molecular formula is C19H23N7O4. The Balaban J connectivity index is 1.74. The van der Waals surface area contributed by atoms with E-state index in [1.165, 1.54) is 17.1 Å². The summed E-state index contributed by atoms with van der Waals surface area (Å²) >= 11 is 0. The molecule has 3 aromatic rings. The first-order chi connectivity index (χ1) is 14.2. The summed E-state index contributed by atoms with van der Waals surface area (Å²) in [6.45, 7) is 3.66. The van der Waals surface area contributed by atoms with Crippen LogP contribution in [0.3, 0.4) is 0 Å². The average Bonchev–Trinajstić information content (AvgIpc) is 3.28. The lowest BCUT2D eigenvalue weighted by Crippen LogP contribution is -2.21. The number of carbonyl (C=O) groups is 2. The Kier molecular flexibility index (Phi) is 6.11. The maximum Gasteiger partial charge on any atom is 0.277 e. The molecule has 11 heteroatoms. The predicted octanol–water partition coefficient (Wildman–Crippen LogP) is 1.39. The van der Waals surface area contributed by atoms with E-state index in [2.05, 4.69) is 25.7 Å². The maximum absolute atomic E-state index is 12.5.